The molecule has 1 heterocycles. The molecule has 1 amide bonds. The van der Waals surface area contributed by atoms with Gasteiger partial charge in [0.2, 0.25) is 5.91 Å². The molecule has 2 nitrogen and oxygen atoms in total. The highest BCUT2D eigenvalue weighted by atomic mass is 35.5. The van der Waals surface area contributed by atoms with E-state index in [0.29, 0.717) is 12.8 Å². The number of hydrogen-bond donors (Lipinski definition) is 0. The van der Waals surface area contributed by atoms with E-state index in [4.69, 9.17) is 23.2 Å². The summed E-state index contributed by atoms with van der Waals surface area (Å²) in [5.41, 5.74) is 4.08. The van der Waals surface area contributed by atoms with Crippen molar-refractivity contribution in [1.82, 2.24) is 0 Å². The highest BCUT2D eigenvalue weighted by molar-refractivity contribution is 6.31. The van der Waals surface area contributed by atoms with E-state index >= 15 is 0 Å². The molecule has 4 heteroatoms. The number of anilines is 1. The summed E-state index contributed by atoms with van der Waals surface area (Å²) in [6, 6.07) is 13.7. The van der Waals surface area contributed by atoms with Crippen LogP contribution in [-0.2, 0) is 17.6 Å². The van der Waals surface area contributed by atoms with Gasteiger partial charge in [0.1, 0.15) is 0 Å². The van der Waals surface area contributed by atoms with E-state index in [1.54, 1.807) is 11.9 Å². The van der Waals surface area contributed by atoms with Crippen LogP contribution < -0.4 is 4.90 Å². The number of halogens is 2. The Balaban J connectivity index is 1.84. The number of fused-ring (bicyclic) bond motifs is 1. The van der Waals surface area contributed by atoms with Crippen LogP contribution in [0.1, 0.15) is 22.1 Å². The first-order valence-electron chi connectivity index (χ1n) is 6.83. The Kier molecular flexibility index (Phi) is 3.92. The normalized spacial score (nSPS) is 15.2. The van der Waals surface area contributed by atoms with Crippen molar-refractivity contribution in [2.45, 2.75) is 18.2 Å². The fourth-order valence-corrected chi connectivity index (χ4v) is 3.17. The summed E-state index contributed by atoms with van der Waals surface area (Å²) in [5, 5.41) is 0.579. The lowest BCUT2D eigenvalue weighted by molar-refractivity contribution is -0.117. The quantitative estimate of drug-likeness (QED) is 0.769. The minimum absolute atomic E-state index is 0.124. The number of benzene rings is 2. The van der Waals surface area contributed by atoms with Crippen LogP contribution in [0.3, 0.4) is 0 Å². The maximum absolute atomic E-state index is 11.7. The van der Waals surface area contributed by atoms with Crippen molar-refractivity contribution >= 4 is 34.8 Å². The number of carbonyl (C=O) groups is 1. The lowest BCUT2D eigenvalue weighted by Gasteiger charge is -2.14. The summed E-state index contributed by atoms with van der Waals surface area (Å²) in [6.45, 7) is 0. The first kappa shape index (κ1) is 14.4. The van der Waals surface area contributed by atoms with Crippen LogP contribution in [0.5, 0.6) is 0 Å². The van der Waals surface area contributed by atoms with Gasteiger partial charge in [-0.3, -0.25) is 4.79 Å². The van der Waals surface area contributed by atoms with Gasteiger partial charge in [0.25, 0.3) is 0 Å². The second-order valence-corrected chi connectivity index (χ2v) is 6.21. The van der Waals surface area contributed by atoms with Gasteiger partial charge in [0.15, 0.2) is 0 Å². The van der Waals surface area contributed by atoms with Crippen LogP contribution >= 0.6 is 23.2 Å². The van der Waals surface area contributed by atoms with Crippen molar-refractivity contribution in [3.8, 4) is 0 Å². The average molecular weight is 320 g/mol. The minimum atomic E-state index is -0.156. The number of rotatable bonds is 3. The van der Waals surface area contributed by atoms with Gasteiger partial charge in [0.05, 0.1) is 11.8 Å². The van der Waals surface area contributed by atoms with Gasteiger partial charge in [-0.2, -0.15) is 0 Å². The van der Waals surface area contributed by atoms with E-state index in [1.807, 2.05) is 42.5 Å². The number of alkyl halides is 1. The van der Waals surface area contributed by atoms with Crippen LogP contribution in [0, 0.1) is 0 Å². The van der Waals surface area contributed by atoms with Gasteiger partial charge in [-0.05, 0) is 35.2 Å². The molecule has 0 saturated heterocycles. The Morgan fingerprint density at radius 1 is 1.24 bits per heavy atom. The zero-order valence-electron chi connectivity index (χ0n) is 11.6. The summed E-state index contributed by atoms with van der Waals surface area (Å²) >= 11 is 12.7. The molecule has 2 aromatic rings. The molecule has 3 rings (SSSR count). The maximum atomic E-state index is 11.7. The molecule has 0 saturated carbocycles. The van der Waals surface area contributed by atoms with Crippen LogP contribution in [-0.4, -0.2) is 13.0 Å². The number of nitrogens with zero attached hydrogens (tertiary/aromatic N) is 1. The number of likely N-dealkylation sites (N-methyl/N-ethyl adjacent to an activating group) is 1. The minimum Gasteiger partial charge on any atom is -0.315 e. The van der Waals surface area contributed by atoms with E-state index < -0.39 is 0 Å². The summed E-state index contributed by atoms with van der Waals surface area (Å²) in [5.74, 6) is 0.124. The van der Waals surface area contributed by atoms with E-state index in [0.717, 1.165) is 27.4 Å². The molecule has 0 fully saturated rings. The Hall–Kier alpha value is -1.51. The molecule has 1 aliphatic heterocycles. The van der Waals surface area contributed by atoms with Gasteiger partial charge in [-0.15, -0.1) is 11.6 Å². The third kappa shape index (κ3) is 2.78. The van der Waals surface area contributed by atoms with Gasteiger partial charge >= 0.3 is 0 Å². The molecule has 108 valence electrons. The molecule has 21 heavy (non-hydrogen) atoms. The fourth-order valence-electron chi connectivity index (χ4n) is 2.66. The zero-order valence-corrected chi connectivity index (χ0v) is 13.2. The van der Waals surface area contributed by atoms with Crippen molar-refractivity contribution < 1.29 is 4.79 Å². The van der Waals surface area contributed by atoms with E-state index in [1.165, 1.54) is 0 Å². The predicted octanol–water partition coefficient (Wildman–Crippen LogP) is 4.38. The monoisotopic (exact) mass is 319 g/mol. The lowest BCUT2D eigenvalue weighted by atomic mass is 10.0. The number of amides is 1. The highest BCUT2D eigenvalue weighted by Gasteiger charge is 2.24. The van der Waals surface area contributed by atoms with Crippen LogP contribution in [0.25, 0.3) is 0 Å². The summed E-state index contributed by atoms with van der Waals surface area (Å²) in [4.78, 5) is 13.4. The first-order valence-corrected chi connectivity index (χ1v) is 7.64. The van der Waals surface area contributed by atoms with Gasteiger partial charge < -0.3 is 4.90 Å². The molecule has 1 unspecified atom stereocenters. The molecule has 0 aromatic heterocycles. The Bertz CT molecular complexity index is 699. The molecule has 0 radical (unpaired) electrons. The summed E-state index contributed by atoms with van der Waals surface area (Å²) in [6.07, 6.45) is 1.12. The van der Waals surface area contributed by atoms with Crippen LogP contribution in [0.15, 0.2) is 42.5 Å². The average Bonchev–Trinajstić information content (AvgIpc) is 2.76. The lowest BCUT2D eigenvalue weighted by Crippen LogP contribution is -2.20. The Labute approximate surface area is 134 Å². The molecular formula is C17H15Cl2NO. The van der Waals surface area contributed by atoms with Gasteiger partial charge in [-0.25, -0.2) is 0 Å². The Morgan fingerprint density at radius 2 is 2.00 bits per heavy atom. The highest BCUT2D eigenvalue weighted by Crippen LogP contribution is 2.34. The van der Waals surface area contributed by atoms with E-state index in [-0.39, 0.29) is 11.3 Å². The molecule has 0 N–H and O–H groups in total. The third-order valence-corrected chi connectivity index (χ3v) is 4.67. The molecule has 0 bridgehead atoms. The largest absolute Gasteiger partial charge is 0.315 e. The number of carbonyl (C=O) groups excluding carboxylic acids is 1. The third-order valence-electron chi connectivity index (χ3n) is 3.90. The van der Waals surface area contributed by atoms with Gasteiger partial charge in [0, 0.05) is 17.8 Å². The zero-order chi connectivity index (χ0) is 15.0. The first-order chi connectivity index (χ1) is 10.1. The number of hydrogen-bond acceptors (Lipinski definition) is 1. The SMILES string of the molecule is CN1C(=O)Cc2cc(C(Cl)Cc3ccccc3Cl)ccc21. The second-order valence-electron chi connectivity index (χ2n) is 5.28. The fraction of sp³-hybridized carbons (Fsp3) is 0.235. The van der Waals surface area contributed by atoms with Crippen molar-refractivity contribution in [2.24, 2.45) is 0 Å². The van der Waals surface area contributed by atoms with Crippen molar-refractivity contribution in [3.05, 3.63) is 64.2 Å². The topological polar surface area (TPSA) is 20.3 Å². The smallest absolute Gasteiger partial charge is 0.231 e. The standard InChI is InChI=1S/C17H15Cl2NO/c1-20-16-7-6-12(8-13(16)10-17(20)21)15(19)9-11-4-2-3-5-14(11)18/h2-8,15H,9-10H2,1H3. The van der Waals surface area contributed by atoms with E-state index in [2.05, 4.69) is 0 Å². The molecule has 1 atom stereocenters. The molecule has 0 aliphatic carbocycles. The van der Waals surface area contributed by atoms with Crippen molar-refractivity contribution in [2.75, 3.05) is 11.9 Å². The van der Waals surface area contributed by atoms with Crippen LogP contribution in [0.2, 0.25) is 5.02 Å². The van der Waals surface area contributed by atoms with Gasteiger partial charge in [-0.1, -0.05) is 41.9 Å². The maximum Gasteiger partial charge on any atom is 0.231 e. The van der Waals surface area contributed by atoms with Crippen LogP contribution in [0.4, 0.5) is 5.69 Å². The van der Waals surface area contributed by atoms with E-state index in [9.17, 15) is 4.79 Å². The Morgan fingerprint density at radius 3 is 2.76 bits per heavy atom. The molecular weight excluding hydrogens is 305 g/mol. The molecule has 1 aliphatic rings. The van der Waals surface area contributed by atoms with Crippen molar-refractivity contribution in [1.29, 1.82) is 0 Å². The molecule has 0 spiro atoms. The second kappa shape index (κ2) is 5.70. The predicted molar refractivity (Wildman–Crippen MR) is 87.3 cm³/mol. The van der Waals surface area contributed by atoms with Crippen molar-refractivity contribution in [3.63, 3.8) is 0 Å². The summed E-state index contributed by atoms with van der Waals surface area (Å²) < 4.78 is 0. The summed E-state index contributed by atoms with van der Waals surface area (Å²) in [7, 11) is 1.80. The molecule has 2 aromatic carbocycles.